The van der Waals surface area contributed by atoms with E-state index in [0.29, 0.717) is 18.5 Å². The van der Waals surface area contributed by atoms with Crippen LogP contribution in [0.15, 0.2) is 24.3 Å². The van der Waals surface area contributed by atoms with Gasteiger partial charge in [0.2, 0.25) is 18.3 Å². The number of carbonyl (C=O) groups excluding carboxylic acids is 5. The molecule has 14 heteroatoms. The van der Waals surface area contributed by atoms with Crippen LogP contribution >= 0.6 is 0 Å². The summed E-state index contributed by atoms with van der Waals surface area (Å²) < 4.78 is 33.1. The molecule has 0 bridgehead atoms. The highest BCUT2D eigenvalue weighted by molar-refractivity contribution is 5.90. The van der Waals surface area contributed by atoms with Gasteiger partial charge in [0.1, 0.15) is 18.5 Å². The summed E-state index contributed by atoms with van der Waals surface area (Å²) >= 11 is 0. The first-order chi connectivity index (χ1) is 21.8. The van der Waals surface area contributed by atoms with Crippen LogP contribution in [0.25, 0.3) is 0 Å². The molecule has 1 saturated heterocycles. The number of hydrogen-bond acceptors (Lipinski definition) is 12. The molecule has 1 aliphatic heterocycles. The Morgan fingerprint density at radius 1 is 0.674 bits per heavy atom. The number of hydrogen-bond donors (Lipinski definition) is 2. The number of aliphatic carboxylic acids is 1. The number of esters is 4. The van der Waals surface area contributed by atoms with Crippen LogP contribution in [0, 0.1) is 0 Å². The van der Waals surface area contributed by atoms with E-state index in [2.05, 4.69) is 5.32 Å². The van der Waals surface area contributed by atoms with Crippen molar-refractivity contribution >= 4 is 41.4 Å². The number of carbonyl (C=O) groups is 6. The van der Waals surface area contributed by atoms with Crippen molar-refractivity contribution in [3.8, 4) is 5.75 Å². The van der Waals surface area contributed by atoms with Crippen molar-refractivity contribution in [3.05, 3.63) is 24.3 Å². The van der Waals surface area contributed by atoms with E-state index in [4.69, 9.17) is 33.5 Å². The molecule has 5 atom stereocenters. The standard InChI is InChI=1S/C32H45NO13/c1-20(34)41-19-26-29(42-21(2)35)30(43-22(3)36)31(44-23(4)37)32(46-26)45-25-17-15-24(16-18-25)33-27(38)13-11-9-7-5-6-8-10-12-14-28(39)40/h15-18,26,29-32H,5-14,19H2,1-4H3,(H,33,38)(H,39,40)/t26-,29-,30+,31-,32-/m1/s1. The van der Waals surface area contributed by atoms with E-state index in [0.717, 1.165) is 65.7 Å². The van der Waals surface area contributed by atoms with Crippen LogP contribution in [0.3, 0.4) is 0 Å². The Bertz CT molecular complexity index is 1170. The average Bonchev–Trinajstić information content (AvgIpc) is 2.96. The number of unbranched alkanes of at least 4 members (excludes halogenated alkanes) is 7. The smallest absolute Gasteiger partial charge is 0.303 e. The molecule has 2 N–H and O–H groups in total. The fourth-order valence-electron chi connectivity index (χ4n) is 4.88. The van der Waals surface area contributed by atoms with Gasteiger partial charge in [-0.3, -0.25) is 28.8 Å². The number of carboxylic acid groups (broad SMARTS) is 1. The first kappa shape index (κ1) is 38.0. The number of rotatable bonds is 19. The van der Waals surface area contributed by atoms with Crippen LogP contribution in [0.4, 0.5) is 5.69 Å². The summed E-state index contributed by atoms with van der Waals surface area (Å²) in [5.74, 6) is -3.51. The molecule has 1 aromatic rings. The lowest BCUT2D eigenvalue weighted by Gasteiger charge is -2.43. The zero-order valence-electron chi connectivity index (χ0n) is 26.8. The van der Waals surface area contributed by atoms with Crippen molar-refractivity contribution in [2.45, 2.75) is 123 Å². The van der Waals surface area contributed by atoms with E-state index >= 15 is 0 Å². The van der Waals surface area contributed by atoms with Gasteiger partial charge in [0.05, 0.1) is 0 Å². The summed E-state index contributed by atoms with van der Waals surface area (Å²) in [6.45, 7) is 4.20. The maximum atomic E-state index is 12.4. The van der Waals surface area contributed by atoms with Gasteiger partial charge >= 0.3 is 29.8 Å². The number of nitrogens with one attached hydrogen (secondary N) is 1. The second kappa shape index (κ2) is 20.0. The van der Waals surface area contributed by atoms with Gasteiger partial charge in [0, 0.05) is 46.2 Å². The van der Waals surface area contributed by atoms with E-state index in [1.165, 1.54) is 6.92 Å². The second-order valence-corrected chi connectivity index (χ2v) is 11.0. The van der Waals surface area contributed by atoms with Gasteiger partial charge in [-0.05, 0) is 37.1 Å². The molecule has 0 radical (unpaired) electrons. The highest BCUT2D eigenvalue weighted by Gasteiger charge is 2.53. The van der Waals surface area contributed by atoms with Gasteiger partial charge in [-0.2, -0.15) is 0 Å². The molecule has 0 unspecified atom stereocenters. The Balaban J connectivity index is 1.98. The van der Waals surface area contributed by atoms with Crippen molar-refractivity contribution in [2.75, 3.05) is 11.9 Å². The van der Waals surface area contributed by atoms with Crippen molar-refractivity contribution in [2.24, 2.45) is 0 Å². The monoisotopic (exact) mass is 651 g/mol. The fourth-order valence-corrected chi connectivity index (χ4v) is 4.88. The SMILES string of the molecule is CC(=O)OC[C@H]1O[C@@H](Oc2ccc(NC(=O)CCCCCCCCCCC(=O)O)cc2)[C@H](OC(C)=O)[C@@H](OC(C)=O)[C@@H]1OC(C)=O. The summed E-state index contributed by atoms with van der Waals surface area (Å²) in [6.07, 6.45) is 1.48. The average molecular weight is 652 g/mol. The number of ether oxygens (including phenoxy) is 6. The Hall–Kier alpha value is -4.20. The lowest BCUT2D eigenvalue weighted by Crippen LogP contribution is -2.63. The summed E-state index contributed by atoms with van der Waals surface area (Å²) in [6, 6.07) is 6.34. The van der Waals surface area contributed by atoms with Gasteiger partial charge in [-0.15, -0.1) is 0 Å². The molecular formula is C32H45NO13. The Labute approximate surface area is 268 Å². The minimum atomic E-state index is -1.37. The van der Waals surface area contributed by atoms with Crippen molar-refractivity contribution in [1.82, 2.24) is 0 Å². The minimum Gasteiger partial charge on any atom is -0.481 e. The molecule has 1 heterocycles. The lowest BCUT2D eigenvalue weighted by atomic mass is 9.98. The predicted octanol–water partition coefficient (Wildman–Crippen LogP) is 4.07. The molecule has 1 amide bonds. The van der Waals surface area contributed by atoms with Gasteiger partial charge in [0.25, 0.3) is 0 Å². The van der Waals surface area contributed by atoms with Gasteiger partial charge < -0.3 is 38.8 Å². The van der Waals surface area contributed by atoms with E-state index in [9.17, 15) is 28.8 Å². The van der Waals surface area contributed by atoms with E-state index in [1.54, 1.807) is 24.3 Å². The van der Waals surface area contributed by atoms with Crippen LogP contribution in [0.5, 0.6) is 5.75 Å². The fraction of sp³-hybridized carbons (Fsp3) is 0.625. The predicted molar refractivity (Wildman–Crippen MR) is 161 cm³/mol. The van der Waals surface area contributed by atoms with Gasteiger partial charge in [0.15, 0.2) is 12.2 Å². The Morgan fingerprint density at radius 2 is 1.17 bits per heavy atom. The first-order valence-corrected chi connectivity index (χ1v) is 15.4. The molecule has 1 aliphatic rings. The number of carboxylic acids is 1. The highest BCUT2D eigenvalue weighted by atomic mass is 16.7. The zero-order valence-corrected chi connectivity index (χ0v) is 26.8. The number of benzene rings is 1. The largest absolute Gasteiger partial charge is 0.481 e. The van der Waals surface area contributed by atoms with Crippen LogP contribution < -0.4 is 10.1 Å². The topological polar surface area (TPSA) is 190 Å². The minimum absolute atomic E-state index is 0.137. The van der Waals surface area contributed by atoms with Gasteiger partial charge in [-0.1, -0.05) is 38.5 Å². The molecule has 1 aromatic carbocycles. The molecule has 256 valence electrons. The summed E-state index contributed by atoms with van der Waals surface area (Å²) in [5, 5.41) is 11.5. The van der Waals surface area contributed by atoms with Crippen LogP contribution in [-0.4, -0.2) is 78.2 Å². The lowest BCUT2D eigenvalue weighted by molar-refractivity contribution is -0.288. The van der Waals surface area contributed by atoms with Crippen molar-refractivity contribution < 1.29 is 62.3 Å². The molecule has 0 aliphatic carbocycles. The molecule has 2 rings (SSSR count). The molecule has 1 fully saturated rings. The Morgan fingerprint density at radius 3 is 1.70 bits per heavy atom. The van der Waals surface area contributed by atoms with Crippen molar-refractivity contribution in [1.29, 1.82) is 0 Å². The normalized spacial score (nSPS) is 20.6. The molecule has 0 aromatic heterocycles. The van der Waals surface area contributed by atoms with Crippen molar-refractivity contribution in [3.63, 3.8) is 0 Å². The van der Waals surface area contributed by atoms with Crippen LogP contribution in [0.2, 0.25) is 0 Å². The molecule has 14 nitrogen and oxygen atoms in total. The quantitative estimate of drug-likeness (QED) is 0.124. The summed E-state index contributed by atoms with van der Waals surface area (Å²) in [5.41, 5.74) is 0.528. The third-order valence-electron chi connectivity index (χ3n) is 6.88. The second-order valence-electron chi connectivity index (χ2n) is 11.0. The molecular weight excluding hydrogens is 606 g/mol. The molecule has 46 heavy (non-hydrogen) atoms. The molecule has 0 saturated carbocycles. The zero-order chi connectivity index (χ0) is 34.1. The molecule has 0 spiro atoms. The summed E-state index contributed by atoms with van der Waals surface area (Å²) in [7, 11) is 0. The van der Waals surface area contributed by atoms with Crippen LogP contribution in [0.1, 0.15) is 91.9 Å². The van der Waals surface area contributed by atoms with E-state index in [-0.39, 0.29) is 24.7 Å². The Kier molecular flexibility index (Phi) is 16.5. The number of amides is 1. The van der Waals surface area contributed by atoms with Crippen LogP contribution in [-0.2, 0) is 52.5 Å². The maximum Gasteiger partial charge on any atom is 0.303 e. The third kappa shape index (κ3) is 14.7. The highest BCUT2D eigenvalue weighted by Crippen LogP contribution is 2.31. The number of anilines is 1. The van der Waals surface area contributed by atoms with E-state index in [1.807, 2.05) is 0 Å². The van der Waals surface area contributed by atoms with E-state index < -0.39 is 60.6 Å². The maximum absolute atomic E-state index is 12.4. The third-order valence-corrected chi connectivity index (χ3v) is 6.88. The summed E-state index contributed by atoms with van der Waals surface area (Å²) in [4.78, 5) is 70.3. The first-order valence-electron chi connectivity index (χ1n) is 15.4. The van der Waals surface area contributed by atoms with Gasteiger partial charge in [-0.25, -0.2) is 0 Å².